The van der Waals surface area contributed by atoms with Crippen molar-refractivity contribution in [1.29, 1.82) is 0 Å². The molecule has 1 rings (SSSR count). The third kappa shape index (κ3) is 13.6. The molecule has 0 aliphatic rings. The first-order valence-electron chi connectivity index (χ1n) is 2.66. The number of ether oxygens (including phenoxy) is 1. The standard InChI is InChI=1S/C7H8OS.AsH3.5FH/c1-8-6-2-4-7(9)5-3-6;;;;;;/h2-5,9H,1H3;1H3;5*1H. The quantitative estimate of drug-likeness (QED) is 0.470. The Morgan fingerprint density at radius 2 is 1.20 bits per heavy atom. The van der Waals surface area contributed by atoms with Crippen LogP contribution in [0.15, 0.2) is 29.2 Å². The van der Waals surface area contributed by atoms with Crippen LogP contribution in [0.2, 0.25) is 0 Å². The van der Waals surface area contributed by atoms with Crippen LogP contribution in [-0.4, -0.2) is 25.1 Å². The molecule has 0 saturated carbocycles. The average Bonchev–Trinajstić information content (AvgIpc) is 1.90. The summed E-state index contributed by atoms with van der Waals surface area (Å²) in [6.45, 7) is 0. The molecule has 0 saturated heterocycles. The van der Waals surface area contributed by atoms with E-state index < -0.39 is 0 Å². The van der Waals surface area contributed by atoms with Crippen LogP contribution in [0.1, 0.15) is 0 Å². The monoisotopic (exact) mass is 318 g/mol. The van der Waals surface area contributed by atoms with Gasteiger partial charge in [-0.25, -0.2) is 0 Å². The molecular weight excluding hydrogens is 302 g/mol. The molecule has 0 aliphatic heterocycles. The summed E-state index contributed by atoms with van der Waals surface area (Å²) in [5.74, 6) is 0.868. The van der Waals surface area contributed by atoms with Gasteiger partial charge in [0.25, 0.3) is 0 Å². The molecular formula is C7H16AsF5OS. The van der Waals surface area contributed by atoms with E-state index in [1.807, 2.05) is 24.3 Å². The Kier molecular flexibility index (Phi) is 46.7. The van der Waals surface area contributed by atoms with E-state index in [1.165, 1.54) is 0 Å². The fraction of sp³-hybridized carbons (Fsp3) is 0.143. The summed E-state index contributed by atoms with van der Waals surface area (Å²) in [6, 6.07) is 7.54. The van der Waals surface area contributed by atoms with Crippen molar-refractivity contribution in [1.82, 2.24) is 0 Å². The first kappa shape index (κ1) is 36.5. The molecule has 0 amide bonds. The van der Waals surface area contributed by atoms with Crippen molar-refractivity contribution in [2.45, 2.75) is 4.90 Å². The summed E-state index contributed by atoms with van der Waals surface area (Å²) < 4.78 is 4.94. The molecule has 1 atom stereocenters. The van der Waals surface area contributed by atoms with Crippen molar-refractivity contribution in [2.75, 3.05) is 7.11 Å². The van der Waals surface area contributed by atoms with Gasteiger partial charge in [-0.3, -0.25) is 23.5 Å². The Morgan fingerprint density at radius 3 is 1.47 bits per heavy atom. The van der Waals surface area contributed by atoms with Crippen molar-refractivity contribution < 1.29 is 28.3 Å². The molecule has 0 spiro atoms. The number of benzene rings is 1. The fourth-order valence-electron chi connectivity index (χ4n) is 0.582. The van der Waals surface area contributed by atoms with E-state index in [1.54, 1.807) is 7.11 Å². The van der Waals surface area contributed by atoms with Gasteiger partial charge in [-0.2, -0.15) is 0 Å². The minimum atomic E-state index is 0. The molecule has 0 N–H and O–H groups in total. The van der Waals surface area contributed by atoms with Crippen LogP contribution >= 0.6 is 12.6 Å². The van der Waals surface area contributed by atoms with Crippen LogP contribution in [0.5, 0.6) is 5.75 Å². The number of halogens is 5. The van der Waals surface area contributed by atoms with Crippen molar-refractivity contribution in [3.63, 3.8) is 0 Å². The topological polar surface area (TPSA) is 9.23 Å². The Balaban J connectivity index is -0.0000000337. The van der Waals surface area contributed by atoms with E-state index >= 15 is 0 Å². The number of hydrogen-bond acceptors (Lipinski definition) is 2. The maximum atomic E-state index is 4.94. The second kappa shape index (κ2) is 19.2. The van der Waals surface area contributed by atoms with Gasteiger partial charge < -0.3 is 4.74 Å². The molecule has 1 unspecified atom stereocenters. The van der Waals surface area contributed by atoms with Gasteiger partial charge in [-0.1, -0.05) is 0 Å². The number of rotatable bonds is 1. The zero-order chi connectivity index (χ0) is 6.69. The van der Waals surface area contributed by atoms with Gasteiger partial charge in [0.1, 0.15) is 5.75 Å². The van der Waals surface area contributed by atoms with Gasteiger partial charge in [0, 0.05) is 4.90 Å². The third-order valence-corrected chi connectivity index (χ3v) is 1.37. The van der Waals surface area contributed by atoms with Gasteiger partial charge in [0.15, 0.2) is 0 Å². The van der Waals surface area contributed by atoms with E-state index in [-0.39, 0.29) is 41.5 Å². The predicted octanol–water partition coefficient (Wildman–Crippen LogP) is 1.56. The van der Waals surface area contributed by atoms with E-state index in [2.05, 4.69) is 12.6 Å². The number of thiol groups is 1. The summed E-state index contributed by atoms with van der Waals surface area (Å²) in [5.41, 5.74) is 0. The predicted molar refractivity (Wildman–Crippen MR) is 62.7 cm³/mol. The molecule has 1 nitrogen and oxygen atoms in total. The first-order chi connectivity index (χ1) is 4.33. The number of methoxy groups -OCH3 is 1. The summed E-state index contributed by atoms with van der Waals surface area (Å²) in [6.07, 6.45) is 0. The molecule has 1 aromatic carbocycles. The molecule has 0 bridgehead atoms. The van der Waals surface area contributed by atoms with E-state index in [0.717, 1.165) is 10.6 Å². The van der Waals surface area contributed by atoms with Gasteiger partial charge in [-0.15, -0.1) is 12.6 Å². The molecule has 0 fully saturated rings. The molecule has 1 aromatic rings. The zero-order valence-corrected chi connectivity index (χ0v) is 11.8. The molecule has 96 valence electrons. The van der Waals surface area contributed by atoms with Crippen molar-refractivity contribution in [3.8, 4) is 5.75 Å². The Hall–Kier alpha value is -0.422. The first-order valence-corrected chi connectivity index (χ1v) is 3.10. The summed E-state index contributed by atoms with van der Waals surface area (Å²) in [7, 11) is 1.65. The van der Waals surface area contributed by atoms with Gasteiger partial charge in [0.2, 0.25) is 0 Å². The van der Waals surface area contributed by atoms with Crippen LogP contribution in [0.4, 0.5) is 23.5 Å². The molecule has 0 radical (unpaired) electrons. The zero-order valence-electron chi connectivity index (χ0n) is 7.91. The van der Waals surface area contributed by atoms with Crippen molar-refractivity contribution >= 4 is 30.6 Å². The molecule has 15 heavy (non-hydrogen) atoms. The Bertz CT molecular complexity index is 199. The van der Waals surface area contributed by atoms with Crippen LogP contribution in [0, 0.1) is 0 Å². The second-order valence-electron chi connectivity index (χ2n) is 1.70. The summed E-state index contributed by atoms with van der Waals surface area (Å²) >= 11 is 4.11. The molecule has 0 aromatic heterocycles. The van der Waals surface area contributed by atoms with Crippen LogP contribution in [0.3, 0.4) is 0 Å². The van der Waals surface area contributed by atoms with Crippen molar-refractivity contribution in [2.24, 2.45) is 0 Å². The summed E-state index contributed by atoms with van der Waals surface area (Å²) in [5, 5.41) is 0. The van der Waals surface area contributed by atoms with E-state index in [9.17, 15) is 0 Å². The minimum absolute atomic E-state index is 0. The van der Waals surface area contributed by atoms with Crippen LogP contribution < -0.4 is 4.74 Å². The average molecular weight is 318 g/mol. The summed E-state index contributed by atoms with van der Waals surface area (Å²) in [4.78, 5) is 0.954. The van der Waals surface area contributed by atoms with Crippen LogP contribution in [-0.2, 0) is 0 Å². The normalized spacial score (nSPS) is 5.47. The van der Waals surface area contributed by atoms with Gasteiger partial charge in [-0.05, 0) is 24.3 Å². The Labute approximate surface area is 101 Å². The molecule has 8 heteroatoms. The maximum absolute atomic E-state index is 4.94. The third-order valence-electron chi connectivity index (χ3n) is 1.07. The Morgan fingerprint density at radius 1 is 0.867 bits per heavy atom. The van der Waals surface area contributed by atoms with E-state index in [4.69, 9.17) is 4.74 Å². The SMILES string of the molecule is COc1ccc(S)cc1.F.F.F.F.F.[AsH3]. The van der Waals surface area contributed by atoms with Crippen molar-refractivity contribution in [3.05, 3.63) is 24.3 Å². The number of hydrogen-bond donors (Lipinski definition) is 1. The van der Waals surface area contributed by atoms with Gasteiger partial charge in [0.05, 0.1) is 7.11 Å². The molecule has 0 aliphatic carbocycles. The molecule has 0 heterocycles. The second-order valence-corrected chi connectivity index (χ2v) is 2.21. The van der Waals surface area contributed by atoms with E-state index in [0.29, 0.717) is 0 Å². The van der Waals surface area contributed by atoms with Crippen LogP contribution in [0.25, 0.3) is 0 Å². The fourth-order valence-corrected chi connectivity index (χ4v) is 0.731. The van der Waals surface area contributed by atoms with Gasteiger partial charge >= 0.3 is 18.0 Å².